The van der Waals surface area contributed by atoms with Gasteiger partial charge in [-0.1, -0.05) is 17.7 Å². The minimum Gasteiger partial charge on any atom is -0.379 e. The molecule has 0 unspecified atom stereocenters. The second-order valence-electron chi connectivity index (χ2n) is 4.91. The fourth-order valence-electron chi connectivity index (χ4n) is 1.65. The number of pyridine rings is 1. The molecule has 0 spiro atoms. The lowest BCUT2D eigenvalue weighted by Gasteiger charge is -2.12. The van der Waals surface area contributed by atoms with Crippen molar-refractivity contribution in [3.05, 3.63) is 29.0 Å². The Hall–Kier alpha value is -0.650. The summed E-state index contributed by atoms with van der Waals surface area (Å²) in [7, 11) is -1.28. The van der Waals surface area contributed by atoms with Crippen LogP contribution in [0, 0.1) is 0 Å². The average molecular weight is 491 g/mol. The average Bonchev–Trinajstić information content (AvgIpc) is 2.49. The van der Waals surface area contributed by atoms with E-state index in [1.807, 2.05) is 6.07 Å². The van der Waals surface area contributed by atoms with Gasteiger partial charge in [0.05, 0.1) is 19.0 Å². The molecule has 0 saturated carbocycles. The van der Waals surface area contributed by atoms with Crippen molar-refractivity contribution in [2.75, 3.05) is 45.4 Å². The molecule has 1 heterocycles. The molecule has 0 amide bonds. The van der Waals surface area contributed by atoms with Crippen LogP contribution in [0.3, 0.4) is 0 Å². The first-order valence-electron chi connectivity index (χ1n) is 7.21. The van der Waals surface area contributed by atoms with E-state index in [-0.39, 0.29) is 36.3 Å². The molecule has 138 valence electrons. The summed E-state index contributed by atoms with van der Waals surface area (Å²) < 4.78 is 27.1. The first-order valence-corrected chi connectivity index (χ1v) is 9.65. The number of rotatable bonds is 9. The quantitative estimate of drug-likeness (QED) is 0.177. The highest BCUT2D eigenvalue weighted by Crippen LogP contribution is 2.05. The maximum atomic E-state index is 10.9. The summed E-state index contributed by atoms with van der Waals surface area (Å²) in [5, 5.41) is 6.75. The fraction of sp³-hybridized carbons (Fsp3) is 0.571. The minimum atomic E-state index is -2.97. The molecule has 0 radical (unpaired) electrons. The maximum absolute atomic E-state index is 10.9. The van der Waals surface area contributed by atoms with Gasteiger partial charge in [-0.05, 0) is 18.1 Å². The highest BCUT2D eigenvalue weighted by molar-refractivity contribution is 14.0. The predicted molar refractivity (Wildman–Crippen MR) is 108 cm³/mol. The standard InChI is InChI=1S/C14H23ClN4O3S.HI/c1-16-14(18-7-8-22-9-10-23(2,20)21)17-6-5-12-3-4-13(15)19-11-12;/h3-4,11H,5-10H2,1-2H3,(H2,16,17,18);1H. The maximum Gasteiger partial charge on any atom is 0.191 e. The van der Waals surface area contributed by atoms with E-state index in [1.54, 1.807) is 19.3 Å². The Morgan fingerprint density at radius 1 is 1.29 bits per heavy atom. The summed E-state index contributed by atoms with van der Waals surface area (Å²) in [4.78, 5) is 8.12. The molecule has 0 bridgehead atoms. The second-order valence-corrected chi connectivity index (χ2v) is 7.55. The summed E-state index contributed by atoms with van der Waals surface area (Å²) in [5.74, 6) is 0.702. The Labute approximate surface area is 165 Å². The monoisotopic (exact) mass is 490 g/mol. The van der Waals surface area contributed by atoms with E-state index in [0.29, 0.717) is 30.8 Å². The molecule has 10 heteroatoms. The van der Waals surface area contributed by atoms with Crippen LogP contribution in [-0.2, 0) is 21.0 Å². The van der Waals surface area contributed by atoms with Gasteiger partial charge < -0.3 is 15.4 Å². The zero-order chi connectivity index (χ0) is 17.1. The zero-order valence-corrected chi connectivity index (χ0v) is 17.7. The molecule has 1 aromatic heterocycles. The Morgan fingerprint density at radius 2 is 2.00 bits per heavy atom. The number of nitrogens with zero attached hydrogens (tertiary/aromatic N) is 2. The molecule has 0 aliphatic rings. The van der Waals surface area contributed by atoms with Crippen LogP contribution in [0.15, 0.2) is 23.3 Å². The van der Waals surface area contributed by atoms with E-state index < -0.39 is 9.84 Å². The van der Waals surface area contributed by atoms with E-state index in [1.165, 1.54) is 6.26 Å². The third-order valence-electron chi connectivity index (χ3n) is 2.86. The molecule has 0 aliphatic heterocycles. The first kappa shape index (κ1) is 23.4. The Bertz CT molecular complexity index is 597. The summed E-state index contributed by atoms with van der Waals surface area (Å²) in [6, 6.07) is 3.70. The van der Waals surface area contributed by atoms with Gasteiger partial charge in [0.1, 0.15) is 15.0 Å². The van der Waals surface area contributed by atoms with Gasteiger partial charge in [-0.25, -0.2) is 13.4 Å². The number of ether oxygens (including phenoxy) is 1. The predicted octanol–water partition coefficient (Wildman–Crippen LogP) is 1.12. The number of hydrogen-bond acceptors (Lipinski definition) is 5. The Morgan fingerprint density at radius 3 is 2.58 bits per heavy atom. The van der Waals surface area contributed by atoms with Gasteiger partial charge in [-0.3, -0.25) is 4.99 Å². The van der Waals surface area contributed by atoms with E-state index in [4.69, 9.17) is 16.3 Å². The third kappa shape index (κ3) is 11.8. The van der Waals surface area contributed by atoms with Crippen LogP contribution in [0.1, 0.15) is 5.56 Å². The van der Waals surface area contributed by atoms with Gasteiger partial charge in [-0.15, -0.1) is 24.0 Å². The Balaban J connectivity index is 0.00000529. The number of aliphatic imine (C=N–C) groups is 1. The summed E-state index contributed by atoms with van der Waals surface area (Å²) in [6.45, 7) is 1.87. The van der Waals surface area contributed by atoms with Crippen LogP contribution in [0.5, 0.6) is 0 Å². The highest BCUT2D eigenvalue weighted by Gasteiger charge is 2.02. The van der Waals surface area contributed by atoms with Crippen molar-refractivity contribution in [3.63, 3.8) is 0 Å². The van der Waals surface area contributed by atoms with Gasteiger partial charge >= 0.3 is 0 Å². The number of sulfone groups is 1. The molecule has 0 aromatic carbocycles. The van der Waals surface area contributed by atoms with E-state index in [9.17, 15) is 8.42 Å². The summed E-state index contributed by atoms with van der Waals surface area (Å²) >= 11 is 5.74. The molecule has 0 atom stereocenters. The normalized spacial score (nSPS) is 11.7. The van der Waals surface area contributed by atoms with Crippen LogP contribution in [0.4, 0.5) is 0 Å². The van der Waals surface area contributed by atoms with Crippen LogP contribution < -0.4 is 10.6 Å². The second kappa shape index (κ2) is 12.7. The van der Waals surface area contributed by atoms with Crippen molar-refractivity contribution in [1.82, 2.24) is 15.6 Å². The van der Waals surface area contributed by atoms with Gasteiger partial charge in [0.15, 0.2) is 5.96 Å². The van der Waals surface area contributed by atoms with Crippen molar-refractivity contribution in [2.45, 2.75) is 6.42 Å². The number of nitrogens with one attached hydrogen (secondary N) is 2. The lowest BCUT2D eigenvalue weighted by molar-refractivity contribution is 0.154. The van der Waals surface area contributed by atoms with Crippen molar-refractivity contribution >= 4 is 51.4 Å². The molecule has 0 aliphatic carbocycles. The summed E-state index contributed by atoms with van der Waals surface area (Å²) in [6.07, 6.45) is 3.74. The van der Waals surface area contributed by atoms with Gasteiger partial charge in [-0.2, -0.15) is 0 Å². The van der Waals surface area contributed by atoms with Crippen LogP contribution in [-0.4, -0.2) is 64.7 Å². The largest absolute Gasteiger partial charge is 0.379 e. The molecule has 0 fully saturated rings. The molecule has 1 aromatic rings. The van der Waals surface area contributed by atoms with E-state index >= 15 is 0 Å². The highest BCUT2D eigenvalue weighted by atomic mass is 127. The number of halogens is 2. The fourth-order valence-corrected chi connectivity index (χ4v) is 2.19. The van der Waals surface area contributed by atoms with Crippen molar-refractivity contribution < 1.29 is 13.2 Å². The summed E-state index contributed by atoms with van der Waals surface area (Å²) in [5.41, 5.74) is 1.08. The third-order valence-corrected chi connectivity index (χ3v) is 3.99. The molecule has 1 rings (SSSR count). The van der Waals surface area contributed by atoms with Crippen LogP contribution in [0.2, 0.25) is 5.15 Å². The molecule has 0 saturated heterocycles. The number of hydrogen-bond donors (Lipinski definition) is 2. The lowest BCUT2D eigenvalue weighted by atomic mass is 10.2. The molecular weight excluding hydrogens is 467 g/mol. The molecule has 7 nitrogen and oxygen atoms in total. The van der Waals surface area contributed by atoms with Crippen LogP contribution >= 0.6 is 35.6 Å². The SMILES string of the molecule is CN=C(NCCOCCS(C)(=O)=O)NCCc1ccc(Cl)nc1.I. The van der Waals surface area contributed by atoms with Crippen molar-refractivity contribution in [3.8, 4) is 0 Å². The van der Waals surface area contributed by atoms with Gasteiger partial charge in [0.25, 0.3) is 0 Å². The van der Waals surface area contributed by atoms with Crippen molar-refractivity contribution in [1.29, 1.82) is 0 Å². The van der Waals surface area contributed by atoms with Crippen LogP contribution in [0.25, 0.3) is 0 Å². The Kier molecular flexibility index (Phi) is 12.3. The smallest absolute Gasteiger partial charge is 0.191 e. The van der Waals surface area contributed by atoms with Crippen molar-refractivity contribution in [2.24, 2.45) is 4.99 Å². The topological polar surface area (TPSA) is 92.7 Å². The van der Waals surface area contributed by atoms with Gasteiger partial charge in [0.2, 0.25) is 0 Å². The van der Waals surface area contributed by atoms with E-state index in [2.05, 4.69) is 20.6 Å². The van der Waals surface area contributed by atoms with E-state index in [0.717, 1.165) is 12.0 Å². The molecular formula is C14H24ClIN4O3S. The molecule has 24 heavy (non-hydrogen) atoms. The zero-order valence-electron chi connectivity index (χ0n) is 13.8. The first-order chi connectivity index (χ1) is 10.9. The molecule has 2 N–H and O–H groups in total. The number of aromatic nitrogens is 1. The lowest BCUT2D eigenvalue weighted by Crippen LogP contribution is -2.39. The minimum absolute atomic E-state index is 0. The number of guanidine groups is 1. The van der Waals surface area contributed by atoms with Gasteiger partial charge in [0, 0.05) is 32.6 Å².